The van der Waals surface area contributed by atoms with E-state index in [2.05, 4.69) is 11.1 Å². The normalized spacial score (nSPS) is 15.2. The van der Waals surface area contributed by atoms with E-state index in [0.717, 1.165) is 47.6 Å². The van der Waals surface area contributed by atoms with Gasteiger partial charge in [0.05, 0.1) is 13.0 Å². The summed E-state index contributed by atoms with van der Waals surface area (Å²) in [4.78, 5) is 17.9. The van der Waals surface area contributed by atoms with Crippen LogP contribution in [-0.2, 0) is 4.79 Å². The summed E-state index contributed by atoms with van der Waals surface area (Å²) in [6.45, 7) is 2.02. The van der Waals surface area contributed by atoms with Crippen LogP contribution in [-0.4, -0.2) is 35.5 Å². The van der Waals surface area contributed by atoms with Gasteiger partial charge in [-0.1, -0.05) is 29.8 Å². The summed E-state index contributed by atoms with van der Waals surface area (Å²) in [5, 5.41) is 1.90. The van der Waals surface area contributed by atoms with Crippen molar-refractivity contribution >= 4 is 28.4 Å². The number of carbonyl (C=O) groups excluding carboxylic acids is 1. The number of para-hydroxylation sites is 1. The Morgan fingerprint density at radius 1 is 1.11 bits per heavy atom. The molecular formula is C22H23ClN2O2. The van der Waals surface area contributed by atoms with E-state index in [4.69, 9.17) is 16.3 Å². The number of amides is 1. The largest absolute Gasteiger partial charge is 0.493 e. The molecule has 1 aliphatic heterocycles. The van der Waals surface area contributed by atoms with Crippen LogP contribution in [0.3, 0.4) is 0 Å². The highest BCUT2D eigenvalue weighted by Gasteiger charge is 2.24. The molecule has 2 heterocycles. The van der Waals surface area contributed by atoms with Gasteiger partial charge in [0.25, 0.3) is 0 Å². The molecule has 0 radical (unpaired) electrons. The quantitative estimate of drug-likeness (QED) is 0.675. The van der Waals surface area contributed by atoms with E-state index in [1.54, 1.807) is 0 Å². The SMILES string of the molecule is O=C(CCOc1ccccc1)N1CCC(c2cc3cc(Cl)ccc3[nH]2)CC1. The van der Waals surface area contributed by atoms with Gasteiger partial charge < -0.3 is 14.6 Å². The fraction of sp³-hybridized carbons (Fsp3) is 0.318. The first-order valence-corrected chi connectivity index (χ1v) is 9.80. The summed E-state index contributed by atoms with van der Waals surface area (Å²) in [5.41, 5.74) is 2.36. The van der Waals surface area contributed by atoms with Gasteiger partial charge in [-0.15, -0.1) is 0 Å². The minimum absolute atomic E-state index is 0.174. The second kappa shape index (κ2) is 8.05. The zero-order chi connectivity index (χ0) is 18.6. The number of hydrogen-bond donors (Lipinski definition) is 1. The van der Waals surface area contributed by atoms with Crippen LogP contribution in [0.1, 0.15) is 30.9 Å². The Labute approximate surface area is 164 Å². The number of likely N-dealkylation sites (tertiary alicyclic amines) is 1. The van der Waals surface area contributed by atoms with E-state index < -0.39 is 0 Å². The Hall–Kier alpha value is -2.46. The Kier molecular flexibility index (Phi) is 5.35. The molecule has 4 nitrogen and oxygen atoms in total. The Morgan fingerprint density at radius 2 is 1.89 bits per heavy atom. The summed E-state index contributed by atoms with van der Waals surface area (Å²) in [6, 6.07) is 17.7. The molecule has 0 bridgehead atoms. The number of rotatable bonds is 5. The van der Waals surface area contributed by atoms with E-state index in [0.29, 0.717) is 18.9 Å². The summed E-state index contributed by atoms with van der Waals surface area (Å²) in [5.74, 6) is 1.44. The van der Waals surface area contributed by atoms with Gasteiger partial charge in [-0.3, -0.25) is 4.79 Å². The standard InChI is InChI=1S/C22H23ClN2O2/c23-18-6-7-20-17(14-18)15-21(24-20)16-8-11-25(12-9-16)22(26)10-13-27-19-4-2-1-3-5-19/h1-7,14-16,24H,8-13H2. The number of nitrogens with zero attached hydrogens (tertiary/aromatic N) is 1. The third-order valence-electron chi connectivity index (χ3n) is 5.22. The first-order chi connectivity index (χ1) is 13.2. The first kappa shape index (κ1) is 17.9. The molecule has 0 saturated carbocycles. The Morgan fingerprint density at radius 3 is 2.67 bits per heavy atom. The third kappa shape index (κ3) is 4.28. The van der Waals surface area contributed by atoms with Gasteiger partial charge in [0.1, 0.15) is 5.75 Å². The van der Waals surface area contributed by atoms with E-state index in [1.165, 1.54) is 5.69 Å². The van der Waals surface area contributed by atoms with Crippen molar-refractivity contribution in [2.75, 3.05) is 19.7 Å². The van der Waals surface area contributed by atoms with Crippen molar-refractivity contribution in [3.63, 3.8) is 0 Å². The molecule has 1 aliphatic rings. The maximum absolute atomic E-state index is 12.4. The second-order valence-electron chi connectivity index (χ2n) is 7.02. The molecule has 3 aromatic rings. The molecule has 0 unspecified atom stereocenters. The molecule has 1 fully saturated rings. The minimum atomic E-state index is 0.174. The molecule has 1 aromatic heterocycles. The van der Waals surface area contributed by atoms with Gasteiger partial charge in [-0.2, -0.15) is 0 Å². The molecule has 5 heteroatoms. The topological polar surface area (TPSA) is 45.3 Å². The highest BCUT2D eigenvalue weighted by Crippen LogP contribution is 2.31. The molecule has 0 aliphatic carbocycles. The van der Waals surface area contributed by atoms with E-state index in [-0.39, 0.29) is 5.91 Å². The minimum Gasteiger partial charge on any atom is -0.493 e. The monoisotopic (exact) mass is 382 g/mol. The zero-order valence-corrected chi connectivity index (χ0v) is 15.9. The molecule has 0 atom stereocenters. The van der Waals surface area contributed by atoms with Crippen molar-refractivity contribution in [2.24, 2.45) is 0 Å². The van der Waals surface area contributed by atoms with Crippen LogP contribution < -0.4 is 4.74 Å². The summed E-state index contributed by atoms with van der Waals surface area (Å²) >= 11 is 6.08. The van der Waals surface area contributed by atoms with Crippen LogP contribution in [0.15, 0.2) is 54.6 Å². The van der Waals surface area contributed by atoms with Gasteiger partial charge in [-0.05, 0) is 49.2 Å². The molecule has 27 heavy (non-hydrogen) atoms. The van der Waals surface area contributed by atoms with Crippen molar-refractivity contribution in [3.05, 3.63) is 65.3 Å². The number of nitrogens with one attached hydrogen (secondary N) is 1. The predicted molar refractivity (Wildman–Crippen MR) is 108 cm³/mol. The smallest absolute Gasteiger partial charge is 0.225 e. The zero-order valence-electron chi connectivity index (χ0n) is 15.2. The molecule has 1 amide bonds. The number of benzene rings is 2. The molecule has 0 spiro atoms. The molecule has 2 aromatic carbocycles. The maximum atomic E-state index is 12.4. The highest BCUT2D eigenvalue weighted by atomic mass is 35.5. The van der Waals surface area contributed by atoms with Crippen LogP contribution in [0, 0.1) is 0 Å². The molecule has 4 rings (SSSR count). The number of H-pyrrole nitrogens is 1. The van der Waals surface area contributed by atoms with E-state index >= 15 is 0 Å². The molecular weight excluding hydrogens is 360 g/mol. The van der Waals surface area contributed by atoms with E-state index in [9.17, 15) is 4.79 Å². The molecule has 1 saturated heterocycles. The van der Waals surface area contributed by atoms with Crippen LogP contribution in [0.25, 0.3) is 10.9 Å². The van der Waals surface area contributed by atoms with Crippen molar-refractivity contribution in [1.82, 2.24) is 9.88 Å². The lowest BCUT2D eigenvalue weighted by atomic mass is 9.93. The lowest BCUT2D eigenvalue weighted by Gasteiger charge is -2.31. The number of halogens is 1. The number of piperidine rings is 1. The van der Waals surface area contributed by atoms with Gasteiger partial charge in [0.2, 0.25) is 5.91 Å². The number of hydrogen-bond acceptors (Lipinski definition) is 2. The average Bonchev–Trinajstić information content (AvgIpc) is 3.12. The van der Waals surface area contributed by atoms with Crippen molar-refractivity contribution < 1.29 is 9.53 Å². The van der Waals surface area contributed by atoms with Crippen molar-refractivity contribution in [3.8, 4) is 5.75 Å². The Bertz CT molecular complexity index is 914. The third-order valence-corrected chi connectivity index (χ3v) is 5.45. The summed E-state index contributed by atoms with van der Waals surface area (Å²) < 4.78 is 5.64. The van der Waals surface area contributed by atoms with E-state index in [1.807, 2.05) is 53.4 Å². The van der Waals surface area contributed by atoms with Gasteiger partial charge >= 0.3 is 0 Å². The predicted octanol–water partition coefficient (Wildman–Crippen LogP) is 5.00. The number of aromatic amines is 1. The van der Waals surface area contributed by atoms with Crippen molar-refractivity contribution in [1.29, 1.82) is 0 Å². The number of carbonyl (C=O) groups is 1. The lowest BCUT2D eigenvalue weighted by molar-refractivity contribution is -0.132. The van der Waals surface area contributed by atoms with Gasteiger partial charge in [-0.25, -0.2) is 0 Å². The van der Waals surface area contributed by atoms with Crippen LogP contribution in [0.4, 0.5) is 0 Å². The number of ether oxygens (including phenoxy) is 1. The van der Waals surface area contributed by atoms with Crippen LogP contribution >= 0.6 is 11.6 Å². The second-order valence-corrected chi connectivity index (χ2v) is 7.46. The fourth-order valence-corrected chi connectivity index (χ4v) is 3.90. The van der Waals surface area contributed by atoms with Crippen molar-refractivity contribution in [2.45, 2.75) is 25.2 Å². The molecule has 140 valence electrons. The maximum Gasteiger partial charge on any atom is 0.225 e. The lowest BCUT2D eigenvalue weighted by Crippen LogP contribution is -2.38. The highest BCUT2D eigenvalue weighted by molar-refractivity contribution is 6.31. The van der Waals surface area contributed by atoms with Crippen LogP contribution in [0.2, 0.25) is 5.02 Å². The van der Waals surface area contributed by atoms with Crippen LogP contribution in [0.5, 0.6) is 5.75 Å². The molecule has 1 N–H and O–H groups in total. The van der Waals surface area contributed by atoms with Gasteiger partial charge in [0.15, 0.2) is 0 Å². The van der Waals surface area contributed by atoms with Gasteiger partial charge in [0, 0.05) is 40.6 Å². The Balaban J connectivity index is 1.28. The fourth-order valence-electron chi connectivity index (χ4n) is 3.72. The summed E-state index contributed by atoms with van der Waals surface area (Å²) in [6.07, 6.45) is 2.38. The summed E-state index contributed by atoms with van der Waals surface area (Å²) in [7, 11) is 0. The first-order valence-electron chi connectivity index (χ1n) is 9.43. The number of fused-ring (bicyclic) bond motifs is 1. The number of aromatic nitrogens is 1. The average molecular weight is 383 g/mol.